The minimum atomic E-state index is -1.33. The van der Waals surface area contributed by atoms with Crippen molar-refractivity contribution in [3.63, 3.8) is 0 Å². The lowest BCUT2D eigenvalue weighted by Crippen LogP contribution is -2.62. The van der Waals surface area contributed by atoms with Crippen LogP contribution in [0.15, 0.2) is 42.5 Å². The zero-order valence-corrected chi connectivity index (χ0v) is 25.8. The molecule has 1 saturated carbocycles. The summed E-state index contributed by atoms with van der Waals surface area (Å²) in [4.78, 5) is 61.3. The third-order valence-corrected chi connectivity index (χ3v) is 7.54. The molecule has 43 heavy (non-hydrogen) atoms. The Labute approximate surface area is 255 Å². The van der Waals surface area contributed by atoms with Gasteiger partial charge in [-0.1, -0.05) is 54.9 Å². The van der Waals surface area contributed by atoms with Gasteiger partial charge in [0.05, 0.1) is 11.8 Å². The Morgan fingerprint density at radius 2 is 1.16 bits per heavy atom. The Kier molecular flexibility index (Phi) is 11.7. The van der Waals surface area contributed by atoms with Gasteiger partial charge in [-0.3, -0.25) is 24.0 Å². The van der Waals surface area contributed by atoms with Crippen molar-refractivity contribution in [1.82, 2.24) is 0 Å². The summed E-state index contributed by atoms with van der Waals surface area (Å²) >= 11 is 6.62. The van der Waals surface area contributed by atoms with Crippen molar-refractivity contribution < 1.29 is 47.7 Å². The molecule has 11 heteroatoms. The third kappa shape index (κ3) is 9.03. The highest BCUT2D eigenvalue weighted by molar-refractivity contribution is 6.31. The molecule has 0 amide bonds. The minimum Gasteiger partial charge on any atom is -0.465 e. The molecule has 3 rings (SSSR count). The van der Waals surface area contributed by atoms with Crippen LogP contribution in [0.3, 0.4) is 0 Å². The zero-order chi connectivity index (χ0) is 31.8. The lowest BCUT2D eigenvalue weighted by atomic mass is 9.70. The molecular weight excluding hydrogens is 580 g/mol. The summed E-state index contributed by atoms with van der Waals surface area (Å²) in [5.74, 6) is -5.43. The van der Waals surface area contributed by atoms with Crippen LogP contribution in [0.5, 0.6) is 0 Å². The first-order chi connectivity index (χ1) is 20.3. The van der Waals surface area contributed by atoms with Gasteiger partial charge in [-0.05, 0) is 41.2 Å². The summed E-state index contributed by atoms with van der Waals surface area (Å²) in [6, 6.07) is 13.3. The van der Waals surface area contributed by atoms with Gasteiger partial charge in [-0.15, -0.1) is 0 Å². The van der Waals surface area contributed by atoms with E-state index in [1.165, 1.54) is 26.3 Å². The van der Waals surface area contributed by atoms with Gasteiger partial charge >= 0.3 is 29.8 Å². The van der Waals surface area contributed by atoms with Crippen molar-refractivity contribution in [2.45, 2.75) is 84.7 Å². The Morgan fingerprint density at radius 3 is 1.70 bits per heavy atom. The first kappa shape index (κ1) is 33.6. The number of rotatable bonds is 10. The monoisotopic (exact) mass is 616 g/mol. The first-order valence-corrected chi connectivity index (χ1v) is 14.4. The van der Waals surface area contributed by atoms with Gasteiger partial charge in [0.2, 0.25) is 0 Å². The van der Waals surface area contributed by atoms with E-state index in [2.05, 4.69) is 6.92 Å². The van der Waals surface area contributed by atoms with Crippen LogP contribution in [0.4, 0.5) is 0 Å². The molecule has 232 valence electrons. The summed E-state index contributed by atoms with van der Waals surface area (Å²) in [7, 11) is 0. The van der Waals surface area contributed by atoms with Gasteiger partial charge in [0.25, 0.3) is 0 Å². The Morgan fingerprint density at radius 1 is 0.651 bits per heavy atom. The lowest BCUT2D eigenvalue weighted by Gasteiger charge is -2.48. The Bertz CT molecular complexity index is 1340. The van der Waals surface area contributed by atoms with Crippen LogP contribution in [0, 0.1) is 5.92 Å². The van der Waals surface area contributed by atoms with Gasteiger partial charge in [0.1, 0.15) is 12.7 Å². The number of carbonyl (C=O) groups is 5. The molecule has 1 aliphatic rings. The highest BCUT2D eigenvalue weighted by Gasteiger charge is 2.58. The van der Waals surface area contributed by atoms with Crippen LogP contribution in [0.2, 0.25) is 5.02 Å². The number of benzene rings is 2. The molecule has 1 aliphatic carbocycles. The lowest BCUT2D eigenvalue weighted by molar-refractivity contribution is -0.222. The predicted octanol–water partition coefficient (Wildman–Crippen LogP) is 4.50. The number of ether oxygens (including phenoxy) is 5. The fourth-order valence-electron chi connectivity index (χ4n) is 5.46. The maximum absolute atomic E-state index is 12.5. The SMILES string of the molecule is CCc1ccc(Cc2cc([C@@H]3[C@@H](OC(C)=O)[C@H](COC(C)=O)C(OC(C)=O)[C@H](OC(C)=O)[C@H]3OC(C)=O)ccc2Cl)cc1. The van der Waals surface area contributed by atoms with E-state index in [9.17, 15) is 24.0 Å². The van der Waals surface area contributed by atoms with E-state index in [0.29, 0.717) is 17.0 Å². The number of halogens is 1. The Hall–Kier alpha value is -3.92. The molecule has 2 aromatic carbocycles. The minimum absolute atomic E-state index is 0.351. The van der Waals surface area contributed by atoms with Crippen molar-refractivity contribution in [3.05, 3.63) is 69.7 Å². The van der Waals surface area contributed by atoms with Crippen LogP contribution in [0.25, 0.3) is 0 Å². The maximum atomic E-state index is 12.5. The average molecular weight is 617 g/mol. The molecule has 0 bridgehead atoms. The smallest absolute Gasteiger partial charge is 0.303 e. The van der Waals surface area contributed by atoms with E-state index in [-0.39, 0.29) is 6.61 Å². The van der Waals surface area contributed by atoms with Crippen molar-refractivity contribution >= 4 is 41.4 Å². The van der Waals surface area contributed by atoms with Crippen molar-refractivity contribution in [2.75, 3.05) is 6.61 Å². The molecule has 0 N–H and O–H groups in total. The molecule has 0 radical (unpaired) electrons. The van der Waals surface area contributed by atoms with E-state index in [1.54, 1.807) is 12.1 Å². The van der Waals surface area contributed by atoms with Crippen LogP contribution in [-0.4, -0.2) is 60.9 Å². The van der Waals surface area contributed by atoms with E-state index in [0.717, 1.165) is 31.4 Å². The molecule has 0 heterocycles. The summed E-state index contributed by atoms with van der Waals surface area (Å²) in [5, 5.41) is 0.484. The Balaban J connectivity index is 2.22. The highest BCUT2D eigenvalue weighted by atomic mass is 35.5. The second-order valence-corrected chi connectivity index (χ2v) is 10.9. The molecule has 0 saturated heterocycles. The number of hydrogen-bond donors (Lipinski definition) is 0. The molecule has 6 atom stereocenters. The standard InChI is InChI=1S/C32H37ClO10/c1-7-22-8-10-23(11-9-22)14-25-15-24(12-13-27(25)33)28-29(40-18(3)35)26(16-39-17(2)34)30(41-19(4)36)32(43-21(6)38)31(28)42-20(5)37/h8-13,15,26,28-32H,7,14,16H2,1-6H3/t26-,28+,29-,30?,31-,32-/m0/s1. The van der Waals surface area contributed by atoms with Gasteiger partial charge < -0.3 is 23.7 Å². The second kappa shape index (κ2) is 15.0. The average Bonchev–Trinajstić information content (AvgIpc) is 2.91. The van der Waals surface area contributed by atoms with Crippen molar-refractivity contribution in [1.29, 1.82) is 0 Å². The quantitative estimate of drug-likeness (QED) is 0.278. The molecule has 2 aromatic rings. The topological polar surface area (TPSA) is 132 Å². The summed E-state index contributed by atoms with van der Waals surface area (Å²) < 4.78 is 28.1. The van der Waals surface area contributed by atoms with Crippen LogP contribution in [0.1, 0.15) is 69.7 Å². The van der Waals surface area contributed by atoms with Crippen LogP contribution in [-0.2, 0) is 60.5 Å². The first-order valence-electron chi connectivity index (χ1n) is 14.0. The fraction of sp³-hybridized carbons (Fsp3) is 0.469. The van der Waals surface area contributed by atoms with Gasteiger partial charge in [0.15, 0.2) is 18.3 Å². The van der Waals surface area contributed by atoms with Crippen molar-refractivity contribution in [2.24, 2.45) is 5.92 Å². The predicted molar refractivity (Wildman–Crippen MR) is 155 cm³/mol. The van der Waals surface area contributed by atoms with E-state index < -0.39 is 66.1 Å². The highest BCUT2D eigenvalue weighted by Crippen LogP contribution is 2.44. The fourth-order valence-corrected chi connectivity index (χ4v) is 5.65. The number of esters is 5. The zero-order valence-electron chi connectivity index (χ0n) is 25.1. The molecule has 1 unspecified atom stereocenters. The normalized spacial score (nSPS) is 23.0. The molecule has 10 nitrogen and oxygen atoms in total. The van der Waals surface area contributed by atoms with Crippen molar-refractivity contribution in [3.8, 4) is 0 Å². The number of carbonyl (C=O) groups excluding carboxylic acids is 5. The number of hydrogen-bond acceptors (Lipinski definition) is 10. The second-order valence-electron chi connectivity index (χ2n) is 10.5. The van der Waals surface area contributed by atoms with E-state index in [4.69, 9.17) is 35.3 Å². The summed E-state index contributed by atoms with van der Waals surface area (Å²) in [6.45, 7) is 7.62. The molecule has 0 spiro atoms. The third-order valence-electron chi connectivity index (χ3n) is 7.17. The largest absolute Gasteiger partial charge is 0.465 e. The van der Waals surface area contributed by atoms with Gasteiger partial charge in [-0.2, -0.15) is 0 Å². The van der Waals surface area contributed by atoms with Gasteiger partial charge in [0, 0.05) is 39.6 Å². The molecular formula is C32H37ClO10. The summed E-state index contributed by atoms with van der Waals surface area (Å²) in [5.41, 5.74) is 3.49. The number of aryl methyl sites for hydroxylation is 1. The molecule has 1 fully saturated rings. The van der Waals surface area contributed by atoms with Gasteiger partial charge in [-0.25, -0.2) is 0 Å². The molecule has 0 aromatic heterocycles. The van der Waals surface area contributed by atoms with Crippen LogP contribution < -0.4 is 0 Å². The van der Waals surface area contributed by atoms with E-state index in [1.807, 2.05) is 30.3 Å². The maximum Gasteiger partial charge on any atom is 0.303 e. The van der Waals surface area contributed by atoms with E-state index >= 15 is 0 Å². The summed E-state index contributed by atoms with van der Waals surface area (Å²) in [6.07, 6.45) is -3.66. The van der Waals surface area contributed by atoms with Crippen LogP contribution >= 0.6 is 11.6 Å². The molecule has 0 aliphatic heterocycles.